The molecule has 1 aromatic rings. The van der Waals surface area contributed by atoms with Crippen molar-refractivity contribution in [2.75, 3.05) is 13.1 Å². The fraction of sp³-hybridized carbons (Fsp3) is 0.583. The predicted octanol–water partition coefficient (Wildman–Crippen LogP) is 1.31. The van der Waals surface area contributed by atoms with Crippen LogP contribution in [0.5, 0.6) is 0 Å². The van der Waals surface area contributed by atoms with Crippen molar-refractivity contribution in [3.63, 3.8) is 0 Å². The predicted molar refractivity (Wildman–Crippen MR) is 61.5 cm³/mol. The first-order chi connectivity index (χ1) is 7.11. The van der Waals surface area contributed by atoms with Gasteiger partial charge in [-0.05, 0) is 25.5 Å². The maximum atomic E-state index is 6.11. The van der Waals surface area contributed by atoms with E-state index in [1.54, 1.807) is 0 Å². The second-order valence-electron chi connectivity index (χ2n) is 4.63. The number of rotatable bonds is 3. The van der Waals surface area contributed by atoms with Gasteiger partial charge in [-0.3, -0.25) is 9.88 Å². The Balaban J connectivity index is 1.90. The first kappa shape index (κ1) is 10.6. The molecule has 0 aromatic carbocycles. The van der Waals surface area contributed by atoms with E-state index in [4.69, 9.17) is 5.73 Å². The lowest BCUT2D eigenvalue weighted by Gasteiger charge is -2.47. The van der Waals surface area contributed by atoms with Crippen LogP contribution in [0.25, 0.3) is 0 Å². The van der Waals surface area contributed by atoms with E-state index in [0.29, 0.717) is 0 Å². The molecular weight excluding hydrogens is 186 g/mol. The van der Waals surface area contributed by atoms with Crippen molar-refractivity contribution in [1.82, 2.24) is 9.88 Å². The zero-order chi connectivity index (χ0) is 10.9. The van der Waals surface area contributed by atoms with Gasteiger partial charge in [-0.2, -0.15) is 0 Å². The lowest BCUT2D eigenvalue weighted by atomic mass is 9.88. The Morgan fingerprint density at radius 2 is 2.20 bits per heavy atom. The minimum atomic E-state index is 0.0594. The third-order valence-electron chi connectivity index (χ3n) is 3.11. The SMILES string of the molecule is CCC1(N)CN(Cc2cccc(C)n2)C1. The van der Waals surface area contributed by atoms with Crippen LogP contribution in [0.3, 0.4) is 0 Å². The molecule has 0 radical (unpaired) electrons. The Hall–Kier alpha value is -0.930. The molecule has 3 nitrogen and oxygen atoms in total. The molecule has 15 heavy (non-hydrogen) atoms. The molecule has 1 aromatic heterocycles. The number of hydrogen-bond donors (Lipinski definition) is 1. The highest BCUT2D eigenvalue weighted by atomic mass is 15.2. The van der Waals surface area contributed by atoms with E-state index in [-0.39, 0.29) is 5.54 Å². The van der Waals surface area contributed by atoms with E-state index >= 15 is 0 Å². The average Bonchev–Trinajstić information content (AvgIpc) is 2.15. The van der Waals surface area contributed by atoms with Gasteiger partial charge >= 0.3 is 0 Å². The molecule has 2 rings (SSSR count). The van der Waals surface area contributed by atoms with Gasteiger partial charge in [-0.1, -0.05) is 13.0 Å². The van der Waals surface area contributed by atoms with Crippen molar-refractivity contribution in [3.8, 4) is 0 Å². The van der Waals surface area contributed by atoms with Gasteiger partial charge in [0.15, 0.2) is 0 Å². The molecule has 82 valence electrons. The fourth-order valence-corrected chi connectivity index (χ4v) is 2.10. The number of pyridine rings is 1. The van der Waals surface area contributed by atoms with Gasteiger partial charge in [-0.15, -0.1) is 0 Å². The van der Waals surface area contributed by atoms with Crippen molar-refractivity contribution < 1.29 is 0 Å². The third kappa shape index (κ3) is 2.36. The second kappa shape index (κ2) is 3.91. The maximum absolute atomic E-state index is 6.11. The number of aryl methyl sites for hydroxylation is 1. The van der Waals surface area contributed by atoms with Crippen molar-refractivity contribution in [1.29, 1.82) is 0 Å². The standard InChI is InChI=1S/C12H19N3/c1-3-12(13)8-15(9-12)7-11-6-4-5-10(2)14-11/h4-6H,3,7-9,13H2,1-2H3. The average molecular weight is 205 g/mol. The minimum absolute atomic E-state index is 0.0594. The molecule has 3 heteroatoms. The molecule has 2 heterocycles. The van der Waals surface area contributed by atoms with Gasteiger partial charge in [0.2, 0.25) is 0 Å². The largest absolute Gasteiger partial charge is 0.323 e. The van der Waals surface area contributed by atoms with E-state index in [1.165, 1.54) is 0 Å². The van der Waals surface area contributed by atoms with Crippen LogP contribution < -0.4 is 5.73 Å². The number of aromatic nitrogens is 1. The topological polar surface area (TPSA) is 42.1 Å². The first-order valence-corrected chi connectivity index (χ1v) is 5.55. The van der Waals surface area contributed by atoms with Gasteiger partial charge in [0.05, 0.1) is 5.69 Å². The van der Waals surface area contributed by atoms with E-state index in [2.05, 4.69) is 28.9 Å². The molecule has 1 aliphatic rings. The lowest BCUT2D eigenvalue weighted by molar-refractivity contribution is 0.0595. The summed E-state index contributed by atoms with van der Waals surface area (Å²) in [4.78, 5) is 6.84. The van der Waals surface area contributed by atoms with Crippen LogP contribution in [0, 0.1) is 6.92 Å². The second-order valence-corrected chi connectivity index (χ2v) is 4.63. The van der Waals surface area contributed by atoms with Crippen molar-refractivity contribution in [2.45, 2.75) is 32.4 Å². The van der Waals surface area contributed by atoms with Crippen molar-refractivity contribution in [2.24, 2.45) is 5.73 Å². The van der Waals surface area contributed by atoms with Gasteiger partial charge in [0.1, 0.15) is 0 Å². The normalized spacial score (nSPS) is 19.9. The van der Waals surface area contributed by atoms with E-state index in [0.717, 1.165) is 37.4 Å². The van der Waals surface area contributed by atoms with Gasteiger partial charge in [0, 0.05) is 30.9 Å². The fourth-order valence-electron chi connectivity index (χ4n) is 2.10. The summed E-state index contributed by atoms with van der Waals surface area (Å²) in [6.07, 6.45) is 1.06. The van der Waals surface area contributed by atoms with Crippen LogP contribution in [-0.2, 0) is 6.54 Å². The Morgan fingerprint density at radius 3 is 2.80 bits per heavy atom. The molecule has 0 unspecified atom stereocenters. The number of hydrogen-bond acceptors (Lipinski definition) is 3. The monoisotopic (exact) mass is 205 g/mol. The Morgan fingerprint density at radius 1 is 1.47 bits per heavy atom. The van der Waals surface area contributed by atoms with Crippen LogP contribution in [0.4, 0.5) is 0 Å². The quantitative estimate of drug-likeness (QED) is 0.809. The summed E-state index contributed by atoms with van der Waals surface area (Å²) >= 11 is 0. The summed E-state index contributed by atoms with van der Waals surface area (Å²) in [5, 5.41) is 0. The minimum Gasteiger partial charge on any atom is -0.323 e. The first-order valence-electron chi connectivity index (χ1n) is 5.55. The maximum Gasteiger partial charge on any atom is 0.0547 e. The van der Waals surface area contributed by atoms with Gasteiger partial charge in [-0.25, -0.2) is 0 Å². The van der Waals surface area contributed by atoms with Gasteiger partial charge < -0.3 is 5.73 Å². The van der Waals surface area contributed by atoms with Gasteiger partial charge in [0.25, 0.3) is 0 Å². The summed E-state index contributed by atoms with van der Waals surface area (Å²) in [5.41, 5.74) is 8.41. The van der Waals surface area contributed by atoms with Crippen LogP contribution in [0.1, 0.15) is 24.7 Å². The third-order valence-corrected chi connectivity index (χ3v) is 3.11. The molecule has 0 amide bonds. The van der Waals surface area contributed by atoms with E-state index in [1.807, 2.05) is 13.0 Å². The molecule has 1 fully saturated rings. The van der Waals surface area contributed by atoms with Crippen molar-refractivity contribution in [3.05, 3.63) is 29.6 Å². The highest BCUT2D eigenvalue weighted by Gasteiger charge is 2.37. The molecule has 0 spiro atoms. The van der Waals surface area contributed by atoms with E-state index < -0.39 is 0 Å². The van der Waals surface area contributed by atoms with Crippen LogP contribution in [0.15, 0.2) is 18.2 Å². The van der Waals surface area contributed by atoms with Crippen molar-refractivity contribution >= 4 is 0 Å². The molecular formula is C12H19N3. The Labute approximate surface area is 91.3 Å². The summed E-state index contributed by atoms with van der Waals surface area (Å²) in [6, 6.07) is 6.17. The molecule has 0 bridgehead atoms. The lowest BCUT2D eigenvalue weighted by Crippen LogP contribution is -2.66. The number of likely N-dealkylation sites (tertiary alicyclic amines) is 1. The molecule has 0 saturated carbocycles. The molecule has 0 aliphatic carbocycles. The molecule has 0 atom stereocenters. The molecule has 2 N–H and O–H groups in total. The van der Waals surface area contributed by atoms with E-state index in [9.17, 15) is 0 Å². The zero-order valence-corrected chi connectivity index (χ0v) is 9.53. The molecule has 1 aliphatic heterocycles. The smallest absolute Gasteiger partial charge is 0.0547 e. The highest BCUT2D eigenvalue weighted by Crippen LogP contribution is 2.22. The van der Waals surface area contributed by atoms with Crippen LogP contribution in [-0.4, -0.2) is 28.5 Å². The Bertz CT molecular complexity index is 342. The van der Waals surface area contributed by atoms with Crippen LogP contribution >= 0.6 is 0 Å². The highest BCUT2D eigenvalue weighted by molar-refractivity contribution is 5.11. The zero-order valence-electron chi connectivity index (χ0n) is 9.53. The summed E-state index contributed by atoms with van der Waals surface area (Å²) in [7, 11) is 0. The summed E-state index contributed by atoms with van der Waals surface area (Å²) < 4.78 is 0. The number of nitrogens with two attached hydrogens (primary N) is 1. The van der Waals surface area contributed by atoms with Crippen LogP contribution in [0.2, 0.25) is 0 Å². The number of nitrogens with zero attached hydrogens (tertiary/aromatic N) is 2. The summed E-state index contributed by atoms with van der Waals surface area (Å²) in [6.45, 7) is 7.11. The summed E-state index contributed by atoms with van der Waals surface area (Å²) in [5.74, 6) is 0. The Kier molecular flexibility index (Phi) is 2.76. The molecule has 1 saturated heterocycles.